The van der Waals surface area contributed by atoms with E-state index in [9.17, 15) is 9.59 Å². The molecule has 1 aromatic rings. The second-order valence-electron chi connectivity index (χ2n) is 5.40. The molecule has 21 heavy (non-hydrogen) atoms. The van der Waals surface area contributed by atoms with Gasteiger partial charge in [-0.2, -0.15) is 0 Å². The van der Waals surface area contributed by atoms with Gasteiger partial charge in [-0.3, -0.25) is 9.59 Å². The highest BCUT2D eigenvalue weighted by Crippen LogP contribution is 2.30. The first-order valence-electron chi connectivity index (χ1n) is 7.15. The molecule has 0 aliphatic carbocycles. The molecule has 1 aliphatic rings. The molecule has 0 bridgehead atoms. The van der Waals surface area contributed by atoms with Gasteiger partial charge in [0.15, 0.2) is 0 Å². The predicted octanol–water partition coefficient (Wildman–Crippen LogP) is -0.241. The van der Waals surface area contributed by atoms with Gasteiger partial charge in [-0.05, 0) is 25.8 Å². The summed E-state index contributed by atoms with van der Waals surface area (Å²) in [6, 6.07) is 0. The molecule has 0 aromatic carbocycles. The van der Waals surface area contributed by atoms with Crippen molar-refractivity contribution >= 4 is 11.9 Å². The highest BCUT2D eigenvalue weighted by Gasteiger charge is 2.37. The van der Waals surface area contributed by atoms with Gasteiger partial charge in [-0.25, -0.2) is 4.68 Å². The van der Waals surface area contributed by atoms with Gasteiger partial charge >= 0.3 is 5.97 Å². The summed E-state index contributed by atoms with van der Waals surface area (Å²) in [4.78, 5) is 23.0. The van der Waals surface area contributed by atoms with E-state index in [0.29, 0.717) is 12.2 Å². The van der Waals surface area contributed by atoms with Gasteiger partial charge in [-0.1, -0.05) is 12.1 Å². The average Bonchev–Trinajstić information content (AvgIpc) is 2.92. The van der Waals surface area contributed by atoms with E-state index in [2.05, 4.69) is 20.9 Å². The fourth-order valence-electron chi connectivity index (χ4n) is 2.62. The van der Waals surface area contributed by atoms with Crippen molar-refractivity contribution in [3.8, 4) is 0 Å². The SMILES string of the molecule is CCC1(C(=O)NCc2cn(CC(=O)O)nn2)CCCNC1. The minimum atomic E-state index is -0.978. The summed E-state index contributed by atoms with van der Waals surface area (Å²) in [5.41, 5.74) is 0.203. The second kappa shape index (κ2) is 6.66. The Balaban J connectivity index is 1.90. The zero-order chi connectivity index (χ0) is 15.3. The van der Waals surface area contributed by atoms with E-state index >= 15 is 0 Å². The highest BCUT2D eigenvalue weighted by molar-refractivity contribution is 5.82. The maximum absolute atomic E-state index is 12.4. The Morgan fingerprint density at radius 3 is 3.00 bits per heavy atom. The maximum atomic E-state index is 12.4. The Bertz CT molecular complexity index is 508. The number of piperidine rings is 1. The van der Waals surface area contributed by atoms with Crippen molar-refractivity contribution in [3.63, 3.8) is 0 Å². The van der Waals surface area contributed by atoms with Gasteiger partial charge in [0.05, 0.1) is 18.2 Å². The summed E-state index contributed by atoms with van der Waals surface area (Å²) in [6.45, 7) is 3.71. The van der Waals surface area contributed by atoms with Crippen LogP contribution in [-0.4, -0.2) is 45.1 Å². The largest absolute Gasteiger partial charge is 0.480 e. The lowest BCUT2D eigenvalue weighted by molar-refractivity contribution is -0.138. The molecule has 3 N–H and O–H groups in total. The van der Waals surface area contributed by atoms with E-state index in [4.69, 9.17) is 5.11 Å². The number of nitrogens with zero attached hydrogens (tertiary/aromatic N) is 3. The highest BCUT2D eigenvalue weighted by atomic mass is 16.4. The molecular weight excluding hydrogens is 274 g/mol. The lowest BCUT2D eigenvalue weighted by Crippen LogP contribution is -2.50. The van der Waals surface area contributed by atoms with Crippen LogP contribution in [0.1, 0.15) is 31.9 Å². The normalized spacial score (nSPS) is 22.0. The zero-order valence-corrected chi connectivity index (χ0v) is 12.1. The molecule has 2 heterocycles. The number of hydrogen-bond donors (Lipinski definition) is 3. The first-order valence-corrected chi connectivity index (χ1v) is 7.15. The van der Waals surface area contributed by atoms with Crippen LogP contribution in [0.25, 0.3) is 0 Å². The smallest absolute Gasteiger partial charge is 0.325 e. The predicted molar refractivity (Wildman–Crippen MR) is 74.3 cm³/mol. The molecule has 2 rings (SSSR count). The first kappa shape index (κ1) is 15.4. The van der Waals surface area contributed by atoms with Gasteiger partial charge in [0.25, 0.3) is 0 Å². The van der Waals surface area contributed by atoms with Crippen LogP contribution < -0.4 is 10.6 Å². The number of aromatic nitrogens is 3. The third-order valence-corrected chi connectivity index (χ3v) is 3.94. The minimum Gasteiger partial charge on any atom is -0.480 e. The van der Waals surface area contributed by atoms with Gasteiger partial charge in [0, 0.05) is 6.54 Å². The van der Waals surface area contributed by atoms with E-state index < -0.39 is 5.97 Å². The molecule has 1 aliphatic heterocycles. The number of aliphatic carboxylic acids is 1. The van der Waals surface area contributed by atoms with Crippen molar-refractivity contribution in [3.05, 3.63) is 11.9 Å². The molecule has 0 radical (unpaired) electrons. The summed E-state index contributed by atoms with van der Waals surface area (Å²) in [5.74, 6) is -0.960. The summed E-state index contributed by atoms with van der Waals surface area (Å²) in [6.07, 6.45) is 4.20. The lowest BCUT2D eigenvalue weighted by Gasteiger charge is -2.35. The number of carboxylic acids is 1. The van der Waals surface area contributed by atoms with E-state index in [-0.39, 0.29) is 24.4 Å². The topological polar surface area (TPSA) is 109 Å². The molecule has 1 aromatic heterocycles. The van der Waals surface area contributed by atoms with Crippen molar-refractivity contribution in [2.45, 2.75) is 39.3 Å². The number of carboxylic acid groups (broad SMARTS) is 1. The molecular formula is C13H21N5O3. The third kappa shape index (κ3) is 3.78. The molecule has 1 unspecified atom stereocenters. The zero-order valence-electron chi connectivity index (χ0n) is 12.1. The summed E-state index contributed by atoms with van der Waals surface area (Å²) >= 11 is 0. The van der Waals surface area contributed by atoms with Gasteiger partial charge in [-0.15, -0.1) is 5.10 Å². The van der Waals surface area contributed by atoms with Crippen LogP contribution in [0, 0.1) is 5.41 Å². The van der Waals surface area contributed by atoms with Gasteiger partial charge in [0.1, 0.15) is 12.2 Å². The van der Waals surface area contributed by atoms with Crippen LogP contribution >= 0.6 is 0 Å². The number of nitrogens with one attached hydrogen (secondary N) is 2. The molecule has 0 spiro atoms. The van der Waals surface area contributed by atoms with E-state index in [1.807, 2.05) is 6.92 Å². The molecule has 1 fully saturated rings. The Hall–Kier alpha value is -1.96. The number of hydrogen-bond acceptors (Lipinski definition) is 5. The Morgan fingerprint density at radius 2 is 2.38 bits per heavy atom. The van der Waals surface area contributed by atoms with Crippen LogP contribution in [0.2, 0.25) is 0 Å². The summed E-state index contributed by atoms with van der Waals surface area (Å²) in [7, 11) is 0. The monoisotopic (exact) mass is 295 g/mol. The Kier molecular flexibility index (Phi) is 4.89. The Labute approximate surface area is 122 Å². The fraction of sp³-hybridized carbons (Fsp3) is 0.692. The van der Waals surface area contributed by atoms with Crippen LogP contribution in [0.5, 0.6) is 0 Å². The van der Waals surface area contributed by atoms with Crippen LogP contribution in [0.15, 0.2) is 6.20 Å². The molecule has 1 atom stereocenters. The molecule has 8 heteroatoms. The second-order valence-corrected chi connectivity index (χ2v) is 5.40. The van der Waals surface area contributed by atoms with E-state index in [0.717, 1.165) is 25.8 Å². The van der Waals surface area contributed by atoms with Crippen molar-refractivity contribution in [1.29, 1.82) is 0 Å². The number of rotatable bonds is 6. The third-order valence-electron chi connectivity index (χ3n) is 3.94. The number of amides is 1. The minimum absolute atomic E-state index is 0.0185. The quantitative estimate of drug-likeness (QED) is 0.668. The molecule has 8 nitrogen and oxygen atoms in total. The van der Waals surface area contributed by atoms with Crippen molar-refractivity contribution in [1.82, 2.24) is 25.6 Å². The average molecular weight is 295 g/mol. The lowest BCUT2D eigenvalue weighted by atomic mass is 9.77. The molecule has 116 valence electrons. The fourth-order valence-corrected chi connectivity index (χ4v) is 2.62. The van der Waals surface area contributed by atoms with Crippen molar-refractivity contribution < 1.29 is 14.7 Å². The van der Waals surface area contributed by atoms with E-state index in [1.54, 1.807) is 0 Å². The maximum Gasteiger partial charge on any atom is 0.325 e. The van der Waals surface area contributed by atoms with Crippen LogP contribution in [-0.2, 0) is 22.7 Å². The van der Waals surface area contributed by atoms with Crippen LogP contribution in [0.4, 0.5) is 0 Å². The van der Waals surface area contributed by atoms with Gasteiger partial charge in [0.2, 0.25) is 5.91 Å². The summed E-state index contributed by atoms with van der Waals surface area (Å²) < 4.78 is 1.24. The van der Waals surface area contributed by atoms with Gasteiger partial charge < -0.3 is 15.7 Å². The van der Waals surface area contributed by atoms with E-state index in [1.165, 1.54) is 10.9 Å². The number of carbonyl (C=O) groups is 2. The van der Waals surface area contributed by atoms with Crippen LogP contribution in [0.3, 0.4) is 0 Å². The Morgan fingerprint density at radius 1 is 1.57 bits per heavy atom. The van der Waals surface area contributed by atoms with Crippen molar-refractivity contribution in [2.24, 2.45) is 5.41 Å². The first-order chi connectivity index (χ1) is 10.1. The molecule has 1 saturated heterocycles. The van der Waals surface area contributed by atoms with Crippen molar-refractivity contribution in [2.75, 3.05) is 13.1 Å². The molecule has 0 saturated carbocycles. The molecule has 1 amide bonds. The standard InChI is InChI=1S/C13H21N5O3/c1-2-13(4-3-5-14-9-13)12(21)15-6-10-7-18(17-16-10)8-11(19)20/h7,14H,2-6,8-9H2,1H3,(H,15,21)(H,19,20). The summed E-state index contributed by atoms with van der Waals surface area (Å²) in [5, 5.41) is 22.4. The number of carbonyl (C=O) groups excluding carboxylic acids is 1.